The zero-order chi connectivity index (χ0) is 20.2. The standard InChI is InChI=1S/C21H28FN5OS/c1-24-11-8-20-21(24)19(23-28)7-12-27(29-20)10-2-9-25-13-15-26(16-14-25)18-5-3-17(22)4-6-18/h3-6,8,11,28H,2,7,9-10,12-16H2,1H3. The predicted molar refractivity (Wildman–Crippen MR) is 115 cm³/mol. The number of anilines is 1. The van der Waals surface area contributed by atoms with Crippen LogP contribution in [0.25, 0.3) is 0 Å². The first-order valence-corrected chi connectivity index (χ1v) is 10.9. The Hall–Kier alpha value is -2.03. The minimum absolute atomic E-state index is 0.182. The van der Waals surface area contributed by atoms with Gasteiger partial charge in [-0.1, -0.05) is 5.16 Å². The van der Waals surface area contributed by atoms with Crippen molar-refractivity contribution in [3.05, 3.63) is 48.0 Å². The quantitative estimate of drug-likeness (QED) is 0.460. The van der Waals surface area contributed by atoms with Gasteiger partial charge in [0.15, 0.2) is 0 Å². The Labute approximate surface area is 175 Å². The van der Waals surface area contributed by atoms with Crippen LogP contribution < -0.4 is 4.90 Å². The first-order chi connectivity index (χ1) is 14.1. The molecule has 1 fully saturated rings. The molecule has 6 nitrogen and oxygen atoms in total. The summed E-state index contributed by atoms with van der Waals surface area (Å²) < 4.78 is 17.5. The topological polar surface area (TPSA) is 47.2 Å². The Balaban J connectivity index is 1.23. The van der Waals surface area contributed by atoms with Gasteiger partial charge >= 0.3 is 0 Å². The van der Waals surface area contributed by atoms with E-state index >= 15 is 0 Å². The maximum atomic E-state index is 13.1. The fourth-order valence-electron chi connectivity index (χ4n) is 4.07. The Bertz CT molecular complexity index is 845. The summed E-state index contributed by atoms with van der Waals surface area (Å²) in [5, 5.41) is 12.9. The summed E-state index contributed by atoms with van der Waals surface area (Å²) in [7, 11) is 1.99. The molecule has 1 aromatic heterocycles. The molecule has 1 aromatic carbocycles. The summed E-state index contributed by atoms with van der Waals surface area (Å²) >= 11 is 1.77. The van der Waals surface area contributed by atoms with E-state index in [2.05, 4.69) is 25.3 Å². The lowest BCUT2D eigenvalue weighted by atomic mass is 10.2. The van der Waals surface area contributed by atoms with Gasteiger partial charge in [0.25, 0.3) is 0 Å². The highest BCUT2D eigenvalue weighted by atomic mass is 32.2. The molecule has 29 heavy (non-hydrogen) atoms. The fourth-order valence-corrected chi connectivity index (χ4v) is 5.22. The number of nitrogens with zero attached hydrogens (tertiary/aromatic N) is 5. The van der Waals surface area contributed by atoms with Gasteiger partial charge in [-0.25, -0.2) is 8.70 Å². The van der Waals surface area contributed by atoms with Crippen LogP contribution in [0.5, 0.6) is 0 Å². The summed E-state index contributed by atoms with van der Waals surface area (Å²) in [4.78, 5) is 6.00. The highest BCUT2D eigenvalue weighted by Crippen LogP contribution is 2.31. The van der Waals surface area contributed by atoms with E-state index in [-0.39, 0.29) is 5.82 Å². The summed E-state index contributed by atoms with van der Waals surface area (Å²) in [5.41, 5.74) is 2.89. The van der Waals surface area contributed by atoms with Crippen molar-refractivity contribution >= 4 is 23.3 Å². The molecule has 4 rings (SSSR count). The second kappa shape index (κ2) is 9.19. The van der Waals surface area contributed by atoms with Crippen molar-refractivity contribution in [3.8, 4) is 0 Å². The van der Waals surface area contributed by atoms with Crippen LogP contribution >= 0.6 is 11.9 Å². The van der Waals surface area contributed by atoms with Crippen molar-refractivity contribution in [1.29, 1.82) is 0 Å². The Morgan fingerprint density at radius 3 is 2.52 bits per heavy atom. The molecule has 2 aliphatic heterocycles. The van der Waals surface area contributed by atoms with Crippen LogP contribution in [0.2, 0.25) is 0 Å². The minimum atomic E-state index is -0.182. The molecule has 1 N–H and O–H groups in total. The highest BCUT2D eigenvalue weighted by molar-refractivity contribution is 7.97. The van der Waals surface area contributed by atoms with E-state index in [0.717, 1.165) is 80.6 Å². The number of piperazine rings is 1. The van der Waals surface area contributed by atoms with Crippen molar-refractivity contribution in [3.63, 3.8) is 0 Å². The smallest absolute Gasteiger partial charge is 0.123 e. The SMILES string of the molecule is Cn1ccc2c1C(=NO)CCN(CCCN1CCN(c3ccc(F)cc3)CC1)S2. The molecular formula is C21H28FN5OS. The fraction of sp³-hybridized carbons (Fsp3) is 0.476. The number of hydrogen-bond donors (Lipinski definition) is 1. The first kappa shape index (κ1) is 20.3. The second-order valence-electron chi connectivity index (χ2n) is 7.62. The van der Waals surface area contributed by atoms with Crippen LogP contribution in [-0.2, 0) is 7.05 Å². The molecule has 2 aromatic rings. The van der Waals surface area contributed by atoms with E-state index < -0.39 is 0 Å². The van der Waals surface area contributed by atoms with Gasteiger partial charge in [0.1, 0.15) is 11.5 Å². The number of oxime groups is 1. The van der Waals surface area contributed by atoms with Gasteiger partial charge in [0.05, 0.1) is 10.6 Å². The third-order valence-electron chi connectivity index (χ3n) is 5.70. The van der Waals surface area contributed by atoms with Crippen molar-refractivity contribution in [2.24, 2.45) is 12.2 Å². The summed E-state index contributed by atoms with van der Waals surface area (Å²) in [5.74, 6) is -0.182. The number of benzene rings is 1. The number of halogens is 1. The van der Waals surface area contributed by atoms with Crippen LogP contribution in [0.4, 0.5) is 10.1 Å². The average Bonchev–Trinajstić information content (AvgIpc) is 2.99. The molecule has 3 heterocycles. The van der Waals surface area contributed by atoms with E-state index in [4.69, 9.17) is 0 Å². The van der Waals surface area contributed by atoms with Crippen molar-refractivity contribution < 1.29 is 9.60 Å². The predicted octanol–water partition coefficient (Wildman–Crippen LogP) is 3.27. The first-order valence-electron chi connectivity index (χ1n) is 10.2. The van der Waals surface area contributed by atoms with Crippen molar-refractivity contribution in [2.75, 3.05) is 50.7 Å². The van der Waals surface area contributed by atoms with Gasteiger partial charge in [0.2, 0.25) is 0 Å². The second-order valence-corrected chi connectivity index (χ2v) is 8.75. The number of hydrogen-bond acceptors (Lipinski definition) is 6. The van der Waals surface area contributed by atoms with Crippen LogP contribution in [-0.4, -0.2) is 70.5 Å². The zero-order valence-corrected chi connectivity index (χ0v) is 17.6. The normalized spacial score (nSPS) is 20.1. The molecule has 0 radical (unpaired) electrons. The van der Waals surface area contributed by atoms with Crippen molar-refractivity contribution in [2.45, 2.75) is 17.7 Å². The van der Waals surface area contributed by atoms with E-state index in [1.807, 2.05) is 29.9 Å². The van der Waals surface area contributed by atoms with E-state index in [9.17, 15) is 9.60 Å². The highest BCUT2D eigenvalue weighted by Gasteiger charge is 2.23. The molecule has 156 valence electrons. The molecular weight excluding hydrogens is 389 g/mol. The van der Waals surface area contributed by atoms with Gasteiger partial charge in [-0.2, -0.15) is 0 Å². The lowest BCUT2D eigenvalue weighted by Gasteiger charge is -2.36. The maximum Gasteiger partial charge on any atom is 0.123 e. The molecule has 0 amide bonds. The summed E-state index contributed by atoms with van der Waals surface area (Å²) in [6.45, 7) is 7.01. The lowest BCUT2D eigenvalue weighted by Crippen LogP contribution is -2.47. The Kier molecular flexibility index (Phi) is 6.42. The molecule has 0 spiro atoms. The van der Waals surface area contributed by atoms with Gasteiger partial charge in [0, 0.05) is 64.6 Å². The van der Waals surface area contributed by atoms with Gasteiger partial charge in [-0.15, -0.1) is 0 Å². The maximum absolute atomic E-state index is 13.1. The number of aryl methyl sites for hydroxylation is 1. The molecule has 8 heteroatoms. The molecule has 2 aliphatic rings. The minimum Gasteiger partial charge on any atom is -0.411 e. The Morgan fingerprint density at radius 2 is 1.79 bits per heavy atom. The third kappa shape index (κ3) is 4.76. The molecule has 1 saturated heterocycles. The number of aromatic nitrogens is 1. The van der Waals surface area contributed by atoms with Gasteiger partial charge in [-0.3, -0.25) is 4.90 Å². The van der Waals surface area contributed by atoms with E-state index in [1.165, 1.54) is 12.1 Å². The Morgan fingerprint density at radius 1 is 1.03 bits per heavy atom. The van der Waals surface area contributed by atoms with Crippen LogP contribution in [0.1, 0.15) is 18.5 Å². The van der Waals surface area contributed by atoms with Gasteiger partial charge < -0.3 is 14.7 Å². The van der Waals surface area contributed by atoms with Crippen LogP contribution in [0.15, 0.2) is 46.6 Å². The molecule has 0 bridgehead atoms. The number of rotatable bonds is 5. The average molecular weight is 418 g/mol. The zero-order valence-electron chi connectivity index (χ0n) is 16.8. The molecule has 0 saturated carbocycles. The van der Waals surface area contributed by atoms with Crippen molar-refractivity contribution in [1.82, 2.24) is 13.8 Å². The molecule has 0 aliphatic carbocycles. The molecule has 0 atom stereocenters. The number of fused-ring (bicyclic) bond motifs is 1. The van der Waals surface area contributed by atoms with E-state index in [1.54, 1.807) is 11.9 Å². The van der Waals surface area contributed by atoms with Gasteiger partial charge in [-0.05, 0) is 55.2 Å². The van der Waals surface area contributed by atoms with Crippen LogP contribution in [0, 0.1) is 5.82 Å². The third-order valence-corrected chi connectivity index (χ3v) is 6.85. The molecule has 0 unspecified atom stereocenters. The summed E-state index contributed by atoms with van der Waals surface area (Å²) in [6, 6.07) is 8.89. The van der Waals surface area contributed by atoms with E-state index in [0.29, 0.717) is 0 Å². The monoisotopic (exact) mass is 417 g/mol. The summed E-state index contributed by atoms with van der Waals surface area (Å²) in [6.07, 6.45) is 3.88. The lowest BCUT2D eigenvalue weighted by molar-refractivity contribution is 0.248. The largest absolute Gasteiger partial charge is 0.411 e. The van der Waals surface area contributed by atoms with Crippen LogP contribution in [0.3, 0.4) is 0 Å².